The quantitative estimate of drug-likeness (QED) is 0.744. The maximum absolute atomic E-state index is 10.3. The second-order valence-corrected chi connectivity index (χ2v) is 3.56. The fraction of sp³-hybridized carbons (Fsp3) is 0.0909. The SMILES string of the molecule is O=CCc1cn(-c2cccc(Cl)c2)cn1. The van der Waals surface area contributed by atoms with Gasteiger partial charge in [0.2, 0.25) is 0 Å². The Morgan fingerprint density at radius 2 is 2.33 bits per heavy atom. The molecule has 0 atom stereocenters. The standard InChI is InChI=1S/C11H9ClN2O/c12-9-2-1-3-11(6-9)14-7-10(4-5-15)13-8-14/h1-3,5-8H,4H2. The van der Waals surface area contributed by atoms with Crippen molar-refractivity contribution in [3.05, 3.63) is 47.5 Å². The Balaban J connectivity index is 2.32. The Kier molecular flexibility index (Phi) is 2.83. The highest BCUT2D eigenvalue weighted by atomic mass is 35.5. The van der Waals surface area contributed by atoms with Crippen LogP contribution in [0.1, 0.15) is 5.69 Å². The molecule has 2 rings (SSSR count). The fourth-order valence-corrected chi connectivity index (χ4v) is 1.52. The summed E-state index contributed by atoms with van der Waals surface area (Å²) in [4.78, 5) is 14.4. The van der Waals surface area contributed by atoms with Crippen molar-refractivity contribution in [2.75, 3.05) is 0 Å². The minimum Gasteiger partial charge on any atom is -0.306 e. The van der Waals surface area contributed by atoms with E-state index in [2.05, 4.69) is 4.98 Å². The number of nitrogens with zero attached hydrogens (tertiary/aromatic N) is 2. The normalized spacial score (nSPS) is 10.2. The highest BCUT2D eigenvalue weighted by Gasteiger charge is 2.00. The Morgan fingerprint density at radius 1 is 1.47 bits per heavy atom. The van der Waals surface area contributed by atoms with Gasteiger partial charge in [-0.2, -0.15) is 0 Å². The summed E-state index contributed by atoms with van der Waals surface area (Å²) in [6, 6.07) is 7.46. The van der Waals surface area contributed by atoms with Gasteiger partial charge in [-0.25, -0.2) is 4.98 Å². The van der Waals surface area contributed by atoms with E-state index in [1.165, 1.54) is 0 Å². The number of benzene rings is 1. The van der Waals surface area contributed by atoms with Crippen molar-refractivity contribution in [2.45, 2.75) is 6.42 Å². The Labute approximate surface area is 92.3 Å². The third kappa shape index (κ3) is 2.25. The highest BCUT2D eigenvalue weighted by molar-refractivity contribution is 6.30. The number of hydrogen-bond donors (Lipinski definition) is 0. The van der Waals surface area contributed by atoms with Crippen molar-refractivity contribution in [2.24, 2.45) is 0 Å². The van der Waals surface area contributed by atoms with Crippen LogP contribution in [0.4, 0.5) is 0 Å². The van der Waals surface area contributed by atoms with E-state index in [1.54, 1.807) is 6.33 Å². The number of imidazole rings is 1. The molecule has 0 aliphatic heterocycles. The lowest BCUT2D eigenvalue weighted by Crippen LogP contribution is -1.89. The van der Waals surface area contributed by atoms with Gasteiger partial charge in [-0.1, -0.05) is 17.7 Å². The number of aromatic nitrogens is 2. The number of carbonyl (C=O) groups excluding carboxylic acids is 1. The topological polar surface area (TPSA) is 34.9 Å². The van der Waals surface area contributed by atoms with E-state index in [0.29, 0.717) is 11.4 Å². The minimum atomic E-state index is 0.341. The van der Waals surface area contributed by atoms with Crippen molar-refractivity contribution in [3.63, 3.8) is 0 Å². The first-order valence-corrected chi connectivity index (χ1v) is 4.90. The number of halogens is 1. The summed E-state index contributed by atoms with van der Waals surface area (Å²) in [5.41, 5.74) is 1.69. The van der Waals surface area contributed by atoms with Gasteiger partial charge in [0.1, 0.15) is 6.29 Å². The smallest absolute Gasteiger partial charge is 0.125 e. The molecule has 0 aliphatic rings. The van der Waals surface area contributed by atoms with Gasteiger partial charge in [-0.05, 0) is 18.2 Å². The highest BCUT2D eigenvalue weighted by Crippen LogP contribution is 2.14. The van der Waals surface area contributed by atoms with Crippen LogP contribution in [0.5, 0.6) is 0 Å². The number of rotatable bonds is 3. The largest absolute Gasteiger partial charge is 0.306 e. The van der Waals surface area contributed by atoms with Crippen LogP contribution in [0.25, 0.3) is 5.69 Å². The van der Waals surface area contributed by atoms with Gasteiger partial charge in [-0.15, -0.1) is 0 Å². The molecule has 76 valence electrons. The monoisotopic (exact) mass is 220 g/mol. The fourth-order valence-electron chi connectivity index (χ4n) is 1.33. The van der Waals surface area contributed by atoms with Crippen LogP contribution >= 0.6 is 11.6 Å². The van der Waals surface area contributed by atoms with Crippen LogP contribution in [-0.2, 0) is 11.2 Å². The summed E-state index contributed by atoms with van der Waals surface area (Å²) in [6.45, 7) is 0. The first-order valence-electron chi connectivity index (χ1n) is 4.52. The van der Waals surface area contributed by atoms with Gasteiger partial charge in [0.05, 0.1) is 12.0 Å². The Bertz CT molecular complexity index is 479. The van der Waals surface area contributed by atoms with Crippen LogP contribution in [0.15, 0.2) is 36.8 Å². The molecule has 0 spiro atoms. The average molecular weight is 221 g/mol. The van der Waals surface area contributed by atoms with Gasteiger partial charge in [0.25, 0.3) is 0 Å². The van der Waals surface area contributed by atoms with E-state index < -0.39 is 0 Å². The molecule has 2 aromatic rings. The van der Waals surface area contributed by atoms with Crippen LogP contribution in [0.3, 0.4) is 0 Å². The van der Waals surface area contributed by atoms with Crippen LogP contribution in [0.2, 0.25) is 5.02 Å². The summed E-state index contributed by atoms with van der Waals surface area (Å²) < 4.78 is 1.84. The van der Waals surface area contributed by atoms with Gasteiger partial charge in [-0.3, -0.25) is 0 Å². The third-order valence-electron chi connectivity index (χ3n) is 2.03. The molecule has 0 saturated heterocycles. The molecule has 0 N–H and O–H groups in total. The van der Waals surface area contributed by atoms with Crippen molar-refractivity contribution in [1.82, 2.24) is 9.55 Å². The van der Waals surface area contributed by atoms with Crippen LogP contribution in [0, 0.1) is 0 Å². The molecule has 1 aromatic heterocycles. The predicted octanol–water partition coefficient (Wildman–Crippen LogP) is 2.27. The van der Waals surface area contributed by atoms with E-state index >= 15 is 0 Å². The molecular weight excluding hydrogens is 212 g/mol. The Hall–Kier alpha value is -1.61. The summed E-state index contributed by atoms with van der Waals surface area (Å²) in [5.74, 6) is 0. The molecule has 3 nitrogen and oxygen atoms in total. The number of carbonyl (C=O) groups is 1. The molecule has 0 unspecified atom stereocenters. The first-order chi connectivity index (χ1) is 7.29. The Morgan fingerprint density at radius 3 is 3.07 bits per heavy atom. The average Bonchev–Trinajstić information content (AvgIpc) is 2.67. The molecule has 15 heavy (non-hydrogen) atoms. The van der Waals surface area contributed by atoms with Gasteiger partial charge < -0.3 is 9.36 Å². The number of hydrogen-bond acceptors (Lipinski definition) is 2. The first kappa shape index (κ1) is 9.93. The molecule has 1 aromatic carbocycles. The van der Waals surface area contributed by atoms with E-state index in [4.69, 9.17) is 11.6 Å². The van der Waals surface area contributed by atoms with Crippen molar-refractivity contribution in [3.8, 4) is 5.69 Å². The zero-order valence-corrected chi connectivity index (χ0v) is 8.69. The summed E-state index contributed by atoms with van der Waals surface area (Å²) in [5, 5.41) is 0.679. The maximum Gasteiger partial charge on any atom is 0.125 e. The van der Waals surface area contributed by atoms with Gasteiger partial charge in [0, 0.05) is 23.3 Å². The van der Waals surface area contributed by atoms with Crippen LogP contribution < -0.4 is 0 Å². The lowest BCUT2D eigenvalue weighted by molar-refractivity contribution is -0.107. The molecule has 0 fully saturated rings. The van der Waals surface area contributed by atoms with Crippen molar-refractivity contribution >= 4 is 17.9 Å². The van der Waals surface area contributed by atoms with E-state index in [-0.39, 0.29) is 0 Å². The molecule has 0 aliphatic carbocycles. The van der Waals surface area contributed by atoms with E-state index in [1.807, 2.05) is 35.0 Å². The second-order valence-electron chi connectivity index (χ2n) is 3.12. The molecule has 0 radical (unpaired) electrons. The molecule has 0 saturated carbocycles. The molecule has 0 bridgehead atoms. The second kappa shape index (κ2) is 4.28. The zero-order valence-electron chi connectivity index (χ0n) is 7.93. The van der Waals surface area contributed by atoms with Gasteiger partial charge in [0.15, 0.2) is 0 Å². The van der Waals surface area contributed by atoms with Crippen LogP contribution in [-0.4, -0.2) is 15.8 Å². The van der Waals surface area contributed by atoms with E-state index in [0.717, 1.165) is 17.7 Å². The number of aldehydes is 1. The molecule has 0 amide bonds. The van der Waals surface area contributed by atoms with Crippen molar-refractivity contribution in [1.29, 1.82) is 0 Å². The zero-order chi connectivity index (χ0) is 10.7. The molecule has 1 heterocycles. The van der Waals surface area contributed by atoms with E-state index in [9.17, 15) is 4.79 Å². The van der Waals surface area contributed by atoms with Crippen molar-refractivity contribution < 1.29 is 4.79 Å². The predicted molar refractivity (Wildman–Crippen MR) is 58.3 cm³/mol. The summed E-state index contributed by atoms with van der Waals surface area (Å²) >= 11 is 5.87. The van der Waals surface area contributed by atoms with Gasteiger partial charge >= 0.3 is 0 Å². The molecular formula is C11H9ClN2O. The minimum absolute atomic E-state index is 0.341. The summed E-state index contributed by atoms with van der Waals surface area (Å²) in [6.07, 6.45) is 4.67. The lowest BCUT2D eigenvalue weighted by atomic mass is 10.3. The lowest BCUT2D eigenvalue weighted by Gasteiger charge is -2.00. The molecule has 4 heteroatoms. The third-order valence-corrected chi connectivity index (χ3v) is 2.27. The summed E-state index contributed by atoms with van der Waals surface area (Å²) in [7, 11) is 0. The maximum atomic E-state index is 10.3.